The van der Waals surface area contributed by atoms with E-state index in [1.807, 2.05) is 0 Å². The van der Waals surface area contributed by atoms with Crippen LogP contribution in [0.5, 0.6) is 0 Å². The van der Waals surface area contributed by atoms with Crippen molar-refractivity contribution in [2.24, 2.45) is 0 Å². The Balaban J connectivity index is 2.12. The van der Waals surface area contributed by atoms with Crippen molar-refractivity contribution in [3.05, 3.63) is 69.2 Å². The Morgan fingerprint density at radius 2 is 1.81 bits per heavy atom. The van der Waals surface area contributed by atoms with Crippen molar-refractivity contribution in [3.8, 4) is 0 Å². The van der Waals surface area contributed by atoms with Crippen molar-refractivity contribution in [1.82, 2.24) is 9.62 Å². The number of likely N-dealkylation sites (N-methyl/N-ethyl adjacent to an activating group) is 1. The molecule has 0 saturated heterocycles. The fourth-order valence-corrected chi connectivity index (χ4v) is 4.04. The molecule has 1 N–H and O–H groups in total. The second-order valence-electron chi connectivity index (χ2n) is 5.56. The number of hydrogen-bond donors (Lipinski definition) is 1. The zero-order valence-electron chi connectivity index (χ0n) is 14.5. The van der Waals surface area contributed by atoms with Gasteiger partial charge in [-0.05, 0) is 23.8 Å². The maximum atomic E-state index is 12.8. The Labute approximate surface area is 162 Å². The third-order valence-electron chi connectivity index (χ3n) is 3.76. The molecule has 27 heavy (non-hydrogen) atoms. The van der Waals surface area contributed by atoms with Gasteiger partial charge in [-0.25, -0.2) is 8.42 Å². The summed E-state index contributed by atoms with van der Waals surface area (Å²) < 4.78 is 26.4. The summed E-state index contributed by atoms with van der Waals surface area (Å²) in [6.07, 6.45) is 0. The molecule has 0 heterocycles. The molecule has 2 aromatic carbocycles. The normalized spacial score (nSPS) is 11.4. The molecule has 0 spiro atoms. The molecule has 0 aromatic heterocycles. The molecule has 0 aliphatic heterocycles. The molecular formula is C17H18ClN3O5S. The summed E-state index contributed by atoms with van der Waals surface area (Å²) in [7, 11) is -4.20. The van der Waals surface area contributed by atoms with Gasteiger partial charge in [-0.3, -0.25) is 14.9 Å². The zero-order chi connectivity index (χ0) is 20.0. The molecule has 0 radical (unpaired) electrons. The van der Waals surface area contributed by atoms with Crippen LogP contribution in [0.15, 0.2) is 53.4 Å². The third kappa shape index (κ3) is 5.25. The van der Waals surface area contributed by atoms with Gasteiger partial charge in [0.25, 0.3) is 5.69 Å². The van der Waals surface area contributed by atoms with E-state index in [9.17, 15) is 23.3 Å². The Kier molecular flexibility index (Phi) is 6.89. The SMILES string of the molecule is CCN(CC(=O)NCc1ccc(Cl)cc1)S(=O)(=O)c1ccccc1[N+](=O)[O-]. The molecule has 10 heteroatoms. The van der Waals surface area contributed by atoms with Gasteiger partial charge in [0, 0.05) is 24.2 Å². The first-order valence-electron chi connectivity index (χ1n) is 8.00. The molecule has 2 rings (SSSR count). The van der Waals surface area contributed by atoms with Gasteiger partial charge in [0.05, 0.1) is 11.5 Å². The van der Waals surface area contributed by atoms with Crippen LogP contribution in [0.1, 0.15) is 12.5 Å². The summed E-state index contributed by atoms with van der Waals surface area (Å²) in [6, 6.07) is 11.9. The Morgan fingerprint density at radius 3 is 2.41 bits per heavy atom. The van der Waals surface area contributed by atoms with E-state index < -0.39 is 38.0 Å². The van der Waals surface area contributed by atoms with Crippen molar-refractivity contribution in [3.63, 3.8) is 0 Å². The topological polar surface area (TPSA) is 110 Å². The van der Waals surface area contributed by atoms with E-state index in [0.717, 1.165) is 22.0 Å². The number of nitrogens with one attached hydrogen (secondary N) is 1. The van der Waals surface area contributed by atoms with E-state index in [4.69, 9.17) is 11.6 Å². The van der Waals surface area contributed by atoms with E-state index in [2.05, 4.69) is 5.32 Å². The highest BCUT2D eigenvalue weighted by Gasteiger charge is 2.31. The fourth-order valence-electron chi connectivity index (χ4n) is 2.35. The summed E-state index contributed by atoms with van der Waals surface area (Å²) in [5.74, 6) is -0.519. The fraction of sp³-hybridized carbons (Fsp3) is 0.235. The highest BCUT2D eigenvalue weighted by Crippen LogP contribution is 2.26. The average Bonchev–Trinajstić information content (AvgIpc) is 2.65. The Bertz CT molecular complexity index is 932. The lowest BCUT2D eigenvalue weighted by Crippen LogP contribution is -2.40. The van der Waals surface area contributed by atoms with Crippen LogP contribution < -0.4 is 5.32 Å². The number of carbonyl (C=O) groups is 1. The predicted molar refractivity (Wildman–Crippen MR) is 101 cm³/mol. The van der Waals surface area contributed by atoms with Gasteiger partial charge < -0.3 is 5.32 Å². The third-order valence-corrected chi connectivity index (χ3v) is 5.98. The summed E-state index contributed by atoms with van der Waals surface area (Å²) in [5, 5.41) is 14.3. The lowest BCUT2D eigenvalue weighted by Gasteiger charge is -2.20. The molecular weight excluding hydrogens is 394 g/mol. The van der Waals surface area contributed by atoms with Gasteiger partial charge >= 0.3 is 0 Å². The van der Waals surface area contributed by atoms with Gasteiger partial charge in [-0.1, -0.05) is 42.8 Å². The number of halogens is 1. The lowest BCUT2D eigenvalue weighted by molar-refractivity contribution is -0.387. The Morgan fingerprint density at radius 1 is 1.19 bits per heavy atom. The highest BCUT2D eigenvalue weighted by molar-refractivity contribution is 7.89. The maximum Gasteiger partial charge on any atom is 0.289 e. The van der Waals surface area contributed by atoms with Crippen LogP contribution in [0.25, 0.3) is 0 Å². The lowest BCUT2D eigenvalue weighted by atomic mass is 10.2. The van der Waals surface area contributed by atoms with E-state index in [-0.39, 0.29) is 13.1 Å². The maximum absolute atomic E-state index is 12.8. The number of sulfonamides is 1. The van der Waals surface area contributed by atoms with E-state index in [1.54, 1.807) is 31.2 Å². The van der Waals surface area contributed by atoms with Gasteiger partial charge in [0.1, 0.15) is 0 Å². The largest absolute Gasteiger partial charge is 0.351 e. The monoisotopic (exact) mass is 411 g/mol. The van der Waals surface area contributed by atoms with Crippen molar-refractivity contribution in [2.45, 2.75) is 18.4 Å². The number of benzene rings is 2. The van der Waals surface area contributed by atoms with Gasteiger partial charge in [0.15, 0.2) is 4.90 Å². The van der Waals surface area contributed by atoms with E-state index in [1.165, 1.54) is 12.1 Å². The smallest absolute Gasteiger partial charge is 0.289 e. The molecule has 0 bridgehead atoms. The van der Waals surface area contributed by atoms with Crippen molar-refractivity contribution in [2.75, 3.05) is 13.1 Å². The number of rotatable bonds is 8. The zero-order valence-corrected chi connectivity index (χ0v) is 16.0. The molecule has 2 aromatic rings. The number of carbonyl (C=O) groups excluding carboxylic acids is 1. The first-order chi connectivity index (χ1) is 12.8. The number of nitrogens with zero attached hydrogens (tertiary/aromatic N) is 2. The van der Waals surface area contributed by atoms with Crippen LogP contribution in [-0.4, -0.2) is 36.6 Å². The van der Waals surface area contributed by atoms with Crippen LogP contribution in [-0.2, 0) is 21.4 Å². The molecule has 0 aliphatic carbocycles. The second kappa shape index (κ2) is 8.94. The molecule has 0 unspecified atom stereocenters. The number of nitro groups is 1. The van der Waals surface area contributed by atoms with Crippen LogP contribution in [0.4, 0.5) is 5.69 Å². The first-order valence-corrected chi connectivity index (χ1v) is 9.82. The van der Waals surface area contributed by atoms with Crippen LogP contribution in [0.2, 0.25) is 5.02 Å². The average molecular weight is 412 g/mol. The molecule has 1 amide bonds. The number of para-hydroxylation sites is 1. The summed E-state index contributed by atoms with van der Waals surface area (Å²) in [4.78, 5) is 22.1. The van der Waals surface area contributed by atoms with E-state index in [0.29, 0.717) is 5.02 Å². The summed E-state index contributed by atoms with van der Waals surface area (Å²) in [5.41, 5.74) is 0.273. The van der Waals surface area contributed by atoms with E-state index >= 15 is 0 Å². The number of nitro benzene ring substituents is 1. The van der Waals surface area contributed by atoms with Crippen LogP contribution in [0.3, 0.4) is 0 Å². The van der Waals surface area contributed by atoms with Crippen LogP contribution >= 0.6 is 11.6 Å². The molecule has 0 saturated carbocycles. The van der Waals surface area contributed by atoms with Gasteiger partial charge in [-0.15, -0.1) is 0 Å². The highest BCUT2D eigenvalue weighted by atomic mass is 35.5. The summed E-state index contributed by atoms with van der Waals surface area (Å²) >= 11 is 5.80. The van der Waals surface area contributed by atoms with Gasteiger partial charge in [-0.2, -0.15) is 4.31 Å². The number of hydrogen-bond acceptors (Lipinski definition) is 5. The van der Waals surface area contributed by atoms with Crippen molar-refractivity contribution in [1.29, 1.82) is 0 Å². The minimum Gasteiger partial charge on any atom is -0.351 e. The quantitative estimate of drug-likeness (QED) is 0.530. The Hall–Kier alpha value is -2.49. The summed E-state index contributed by atoms with van der Waals surface area (Å²) in [6.45, 7) is 1.30. The predicted octanol–water partition coefficient (Wildman–Crippen LogP) is 2.58. The standard InChI is InChI=1S/C17H18ClN3O5S/c1-2-20(12-17(22)19-11-13-7-9-14(18)10-8-13)27(25,26)16-6-4-3-5-15(16)21(23)24/h3-10H,2,11-12H2,1H3,(H,19,22). The molecule has 0 fully saturated rings. The van der Waals surface area contributed by atoms with Crippen molar-refractivity contribution < 1.29 is 18.1 Å². The minimum absolute atomic E-state index is 0.0112. The molecule has 8 nitrogen and oxygen atoms in total. The van der Waals surface area contributed by atoms with Gasteiger partial charge in [0.2, 0.25) is 15.9 Å². The minimum atomic E-state index is -4.20. The van der Waals surface area contributed by atoms with Crippen molar-refractivity contribution >= 4 is 33.2 Å². The number of amides is 1. The molecule has 144 valence electrons. The van der Waals surface area contributed by atoms with Crippen LogP contribution in [0, 0.1) is 10.1 Å². The first kappa shape index (κ1) is 20.8. The second-order valence-corrected chi connectivity index (χ2v) is 7.90. The molecule has 0 aliphatic rings. The molecule has 0 atom stereocenters.